The van der Waals surface area contributed by atoms with Crippen LogP contribution in [-0.4, -0.2) is 6.15 Å². The first kappa shape index (κ1) is 33.1. The van der Waals surface area contributed by atoms with Gasteiger partial charge in [0.2, 0.25) is 0 Å². The van der Waals surface area contributed by atoms with Crippen LogP contribution in [0.4, 0.5) is 0 Å². The SMILES string of the molecule is CCCCCCCC[B-](CCCCCCCC)(CCCCCCCC)CCCCCCCC. The van der Waals surface area contributed by atoms with Crippen LogP contribution in [0.2, 0.25) is 25.3 Å². The summed E-state index contributed by atoms with van der Waals surface area (Å²) in [5.74, 6) is 0. The Morgan fingerprint density at radius 1 is 0.242 bits per heavy atom. The van der Waals surface area contributed by atoms with Crippen LogP contribution < -0.4 is 0 Å². The first-order valence-electron chi connectivity index (χ1n) is 16.5. The van der Waals surface area contributed by atoms with E-state index >= 15 is 0 Å². The largest absolute Gasteiger partial charge is 0.178 e. The van der Waals surface area contributed by atoms with Gasteiger partial charge in [0, 0.05) is 6.15 Å². The van der Waals surface area contributed by atoms with E-state index in [0.29, 0.717) is 0 Å². The van der Waals surface area contributed by atoms with Crippen LogP contribution in [0.3, 0.4) is 0 Å². The van der Waals surface area contributed by atoms with E-state index in [1.807, 2.05) is 0 Å². The number of rotatable bonds is 28. The van der Waals surface area contributed by atoms with Crippen molar-refractivity contribution in [1.82, 2.24) is 0 Å². The van der Waals surface area contributed by atoms with E-state index in [1.165, 1.54) is 154 Å². The third-order valence-electron chi connectivity index (χ3n) is 8.68. The molecular weight excluding hydrogens is 395 g/mol. The summed E-state index contributed by atoms with van der Waals surface area (Å²) in [5.41, 5.74) is 0. The monoisotopic (exact) mass is 464 g/mol. The van der Waals surface area contributed by atoms with Crippen LogP contribution in [0.25, 0.3) is 0 Å². The fourth-order valence-corrected chi connectivity index (χ4v) is 6.30. The lowest BCUT2D eigenvalue weighted by Crippen LogP contribution is -2.34. The van der Waals surface area contributed by atoms with Crippen LogP contribution in [0.5, 0.6) is 0 Å². The first-order chi connectivity index (χ1) is 16.2. The molecule has 0 rings (SSSR count). The quantitative estimate of drug-likeness (QED) is 0.0799. The zero-order chi connectivity index (χ0) is 24.3. The van der Waals surface area contributed by atoms with Gasteiger partial charge in [0.25, 0.3) is 0 Å². The summed E-state index contributed by atoms with van der Waals surface area (Å²) in [6.07, 6.45) is 41.6. The van der Waals surface area contributed by atoms with E-state index in [4.69, 9.17) is 0 Å². The Labute approximate surface area is 213 Å². The Balaban J connectivity index is 4.74. The Morgan fingerprint density at radius 2 is 0.424 bits per heavy atom. The predicted molar refractivity (Wildman–Crippen MR) is 158 cm³/mol. The van der Waals surface area contributed by atoms with E-state index in [9.17, 15) is 0 Å². The Hall–Kier alpha value is 0.0649. The minimum atomic E-state index is -0.104. The molecule has 33 heavy (non-hydrogen) atoms. The molecule has 200 valence electrons. The van der Waals surface area contributed by atoms with Crippen molar-refractivity contribution < 1.29 is 0 Å². The van der Waals surface area contributed by atoms with Gasteiger partial charge in [0.05, 0.1) is 0 Å². The summed E-state index contributed by atoms with van der Waals surface area (Å²) in [4.78, 5) is 0. The maximum Gasteiger partial charge on any atom is 0.000747 e. The minimum absolute atomic E-state index is 0.104. The molecule has 0 fully saturated rings. The van der Waals surface area contributed by atoms with Crippen LogP contribution in [0.15, 0.2) is 0 Å². The van der Waals surface area contributed by atoms with Gasteiger partial charge in [-0.2, -0.15) is 25.3 Å². The van der Waals surface area contributed by atoms with Crippen molar-refractivity contribution in [2.75, 3.05) is 0 Å². The molecule has 0 unspecified atom stereocenters. The highest BCUT2D eigenvalue weighted by Crippen LogP contribution is 2.35. The summed E-state index contributed by atoms with van der Waals surface area (Å²) >= 11 is 0. The van der Waals surface area contributed by atoms with Crippen molar-refractivity contribution >= 4 is 6.15 Å². The molecule has 0 aromatic carbocycles. The summed E-state index contributed by atoms with van der Waals surface area (Å²) in [6.45, 7) is 9.37. The van der Waals surface area contributed by atoms with Gasteiger partial charge in [-0.05, 0) is 0 Å². The molecule has 0 saturated heterocycles. The normalized spacial score (nSPS) is 12.0. The fourth-order valence-electron chi connectivity index (χ4n) is 6.30. The van der Waals surface area contributed by atoms with Crippen LogP contribution in [0, 0.1) is 0 Å². The predicted octanol–water partition coefficient (Wildman–Crippen LogP) is 12.9. The fraction of sp³-hybridized carbons (Fsp3) is 1.00. The molecule has 0 aliphatic carbocycles. The molecule has 0 saturated carbocycles. The van der Waals surface area contributed by atoms with Gasteiger partial charge in [-0.25, -0.2) is 0 Å². The smallest absolute Gasteiger partial charge is 0.000747 e. The maximum absolute atomic E-state index is 2.34. The van der Waals surface area contributed by atoms with Crippen molar-refractivity contribution in [1.29, 1.82) is 0 Å². The zero-order valence-electron chi connectivity index (χ0n) is 24.4. The molecule has 0 heterocycles. The molecule has 0 spiro atoms. The van der Waals surface area contributed by atoms with Crippen LogP contribution >= 0.6 is 0 Å². The molecule has 0 aliphatic rings. The Morgan fingerprint density at radius 3 is 0.636 bits per heavy atom. The highest BCUT2D eigenvalue weighted by molar-refractivity contribution is 6.79. The summed E-state index contributed by atoms with van der Waals surface area (Å²) in [7, 11) is 0. The molecule has 0 N–H and O–H groups in total. The number of hydrogen-bond donors (Lipinski definition) is 0. The lowest BCUT2D eigenvalue weighted by atomic mass is 9.17. The van der Waals surface area contributed by atoms with Gasteiger partial charge in [-0.15, -0.1) is 0 Å². The van der Waals surface area contributed by atoms with Gasteiger partial charge in [-0.1, -0.05) is 182 Å². The van der Waals surface area contributed by atoms with E-state index < -0.39 is 0 Å². The Bertz CT molecular complexity index is 281. The third kappa shape index (κ3) is 22.3. The molecule has 0 amide bonds. The average molecular weight is 464 g/mol. The van der Waals surface area contributed by atoms with Gasteiger partial charge in [-0.3, -0.25) is 0 Å². The lowest BCUT2D eigenvalue weighted by molar-refractivity contribution is 0.597. The van der Waals surface area contributed by atoms with Crippen molar-refractivity contribution in [2.24, 2.45) is 0 Å². The van der Waals surface area contributed by atoms with E-state index in [-0.39, 0.29) is 6.15 Å². The summed E-state index contributed by atoms with van der Waals surface area (Å²) in [6, 6.07) is 0. The molecule has 0 atom stereocenters. The lowest BCUT2D eigenvalue weighted by Gasteiger charge is -2.41. The molecular formula is C32H68B-. The number of hydrogen-bond acceptors (Lipinski definition) is 0. The van der Waals surface area contributed by atoms with E-state index in [1.54, 1.807) is 25.3 Å². The van der Waals surface area contributed by atoms with Crippen LogP contribution in [-0.2, 0) is 0 Å². The number of unbranched alkanes of at least 4 members (excludes halogenated alkanes) is 20. The molecule has 0 nitrogen and oxygen atoms in total. The average Bonchev–Trinajstić information content (AvgIpc) is 2.83. The third-order valence-corrected chi connectivity index (χ3v) is 8.68. The topological polar surface area (TPSA) is 0 Å². The Kier molecular flexibility index (Phi) is 26.7. The molecule has 0 bridgehead atoms. The minimum Gasteiger partial charge on any atom is -0.178 e. The molecule has 0 aromatic rings. The highest BCUT2D eigenvalue weighted by Gasteiger charge is 2.23. The van der Waals surface area contributed by atoms with Crippen LogP contribution in [0.1, 0.15) is 182 Å². The van der Waals surface area contributed by atoms with Gasteiger partial charge >= 0.3 is 0 Å². The molecule has 0 radical (unpaired) electrons. The van der Waals surface area contributed by atoms with Crippen molar-refractivity contribution in [3.05, 3.63) is 0 Å². The van der Waals surface area contributed by atoms with Gasteiger partial charge in [0.15, 0.2) is 0 Å². The maximum atomic E-state index is 2.34. The molecule has 1 heteroatoms. The molecule has 0 aliphatic heterocycles. The van der Waals surface area contributed by atoms with E-state index in [0.717, 1.165) is 0 Å². The summed E-state index contributed by atoms with van der Waals surface area (Å²) < 4.78 is 0. The second kappa shape index (κ2) is 26.7. The highest BCUT2D eigenvalue weighted by atomic mass is 14.1. The zero-order valence-corrected chi connectivity index (χ0v) is 24.4. The standard InChI is InChI=1S/C32H68B/c1-5-9-13-17-21-25-29-33(30-26-22-18-14-10-6-2,31-27-23-19-15-11-7-3)32-28-24-20-16-12-8-4/h5-32H2,1-4H3/q-1. The van der Waals surface area contributed by atoms with Gasteiger partial charge in [0.1, 0.15) is 0 Å². The summed E-state index contributed by atoms with van der Waals surface area (Å²) in [5, 5.41) is 0. The second-order valence-corrected chi connectivity index (χ2v) is 12.0. The first-order valence-corrected chi connectivity index (χ1v) is 16.5. The van der Waals surface area contributed by atoms with E-state index in [2.05, 4.69) is 27.7 Å². The van der Waals surface area contributed by atoms with Gasteiger partial charge < -0.3 is 0 Å². The molecule has 0 aromatic heterocycles. The van der Waals surface area contributed by atoms with Crippen molar-refractivity contribution in [3.63, 3.8) is 0 Å². The van der Waals surface area contributed by atoms with Crippen molar-refractivity contribution in [2.45, 2.75) is 207 Å². The second-order valence-electron chi connectivity index (χ2n) is 12.0. The van der Waals surface area contributed by atoms with Crippen molar-refractivity contribution in [3.8, 4) is 0 Å².